The summed E-state index contributed by atoms with van der Waals surface area (Å²) in [5, 5.41) is 2.52. The number of benzene rings is 3. The third-order valence-corrected chi connectivity index (χ3v) is 6.34. The molecule has 6 heteroatoms. The van der Waals surface area contributed by atoms with Gasteiger partial charge in [-0.05, 0) is 79.3 Å². The van der Waals surface area contributed by atoms with Gasteiger partial charge < -0.3 is 10.1 Å². The first kappa shape index (κ1) is 20.4. The highest BCUT2D eigenvalue weighted by molar-refractivity contribution is 6.05. The molecule has 32 heavy (non-hydrogen) atoms. The maximum Gasteiger partial charge on any atom is 0.261 e. The zero-order valence-electron chi connectivity index (χ0n) is 17.5. The van der Waals surface area contributed by atoms with Crippen molar-refractivity contribution in [1.29, 1.82) is 0 Å². The van der Waals surface area contributed by atoms with Gasteiger partial charge in [-0.15, -0.1) is 0 Å². The van der Waals surface area contributed by atoms with Crippen molar-refractivity contribution in [2.75, 3.05) is 5.32 Å². The van der Waals surface area contributed by atoms with Crippen molar-refractivity contribution < 1.29 is 23.1 Å². The Morgan fingerprint density at radius 2 is 1.69 bits per heavy atom. The Hall–Kier alpha value is -3.54. The van der Waals surface area contributed by atoms with Gasteiger partial charge in [-0.2, -0.15) is 0 Å². The molecule has 0 bridgehead atoms. The lowest BCUT2D eigenvalue weighted by atomic mass is 9.74. The third-order valence-electron chi connectivity index (χ3n) is 6.34. The normalized spacial score (nSPS) is 16.2. The number of nitrogens with one attached hydrogen (secondary N) is 1. The summed E-state index contributed by atoms with van der Waals surface area (Å²) in [6.07, 6.45) is 3.35. The molecular formula is C26H21F2NO3. The number of aryl methyl sites for hydroxylation is 1. The Balaban J connectivity index is 1.39. The average Bonchev–Trinajstić information content (AvgIpc) is 2.72. The minimum Gasteiger partial charge on any atom is -0.486 e. The first-order valence-electron chi connectivity index (χ1n) is 10.6. The van der Waals surface area contributed by atoms with Crippen molar-refractivity contribution in [3.8, 4) is 16.9 Å². The molecule has 0 unspecified atom stereocenters. The standard InChI is InChI=1S/C26H21F2NO3/c1-15-12-23-19(22(30)14-26(32-23)10-3-11-26)13-18(15)16-6-8-17(9-7-16)29-25(31)24-20(27)4-2-5-21(24)28/h2,4-9,12-13H,3,10-11,14H2,1H3,(H,29,31). The second-order valence-electron chi connectivity index (χ2n) is 8.53. The summed E-state index contributed by atoms with van der Waals surface area (Å²) in [4.78, 5) is 25.1. The van der Waals surface area contributed by atoms with Crippen LogP contribution in [0, 0.1) is 18.6 Å². The van der Waals surface area contributed by atoms with Crippen molar-refractivity contribution in [1.82, 2.24) is 0 Å². The maximum atomic E-state index is 13.8. The monoisotopic (exact) mass is 433 g/mol. The van der Waals surface area contributed by atoms with Gasteiger partial charge in [0.1, 0.15) is 28.5 Å². The van der Waals surface area contributed by atoms with E-state index in [0.717, 1.165) is 48.1 Å². The average molecular weight is 433 g/mol. The number of halogens is 2. The lowest BCUT2D eigenvalue weighted by molar-refractivity contribution is -0.0177. The summed E-state index contributed by atoms with van der Waals surface area (Å²) in [5.74, 6) is -1.94. The molecule has 1 N–H and O–H groups in total. The highest BCUT2D eigenvalue weighted by atomic mass is 19.1. The number of amides is 1. The molecule has 1 spiro atoms. The predicted molar refractivity (Wildman–Crippen MR) is 117 cm³/mol. The van der Waals surface area contributed by atoms with Crippen LogP contribution in [0.25, 0.3) is 11.1 Å². The molecular weight excluding hydrogens is 412 g/mol. The summed E-state index contributed by atoms with van der Waals surface area (Å²) in [7, 11) is 0. The largest absolute Gasteiger partial charge is 0.486 e. The van der Waals surface area contributed by atoms with Crippen LogP contribution in [0.1, 0.15) is 52.0 Å². The van der Waals surface area contributed by atoms with Crippen molar-refractivity contribution in [2.45, 2.75) is 38.2 Å². The fraction of sp³-hybridized carbons (Fsp3) is 0.231. The number of rotatable bonds is 3. The molecule has 0 aromatic heterocycles. The topological polar surface area (TPSA) is 55.4 Å². The molecule has 3 aromatic rings. The van der Waals surface area contributed by atoms with Gasteiger partial charge >= 0.3 is 0 Å². The minimum absolute atomic E-state index is 0.1000. The smallest absolute Gasteiger partial charge is 0.261 e. The Bertz CT molecular complexity index is 1230. The van der Waals surface area contributed by atoms with E-state index in [1.807, 2.05) is 19.1 Å². The van der Waals surface area contributed by atoms with Crippen molar-refractivity contribution in [3.63, 3.8) is 0 Å². The van der Waals surface area contributed by atoms with Crippen molar-refractivity contribution >= 4 is 17.4 Å². The lowest BCUT2D eigenvalue weighted by Gasteiger charge is -2.44. The van der Waals surface area contributed by atoms with Crippen molar-refractivity contribution in [2.24, 2.45) is 0 Å². The van der Waals surface area contributed by atoms with Gasteiger partial charge in [0.05, 0.1) is 12.0 Å². The summed E-state index contributed by atoms with van der Waals surface area (Å²) in [6.45, 7) is 1.96. The van der Waals surface area contributed by atoms with E-state index >= 15 is 0 Å². The molecule has 162 valence electrons. The van der Waals surface area contributed by atoms with Crippen molar-refractivity contribution in [3.05, 3.63) is 82.9 Å². The van der Waals surface area contributed by atoms with Gasteiger partial charge in [0, 0.05) is 5.69 Å². The molecule has 1 amide bonds. The van der Waals surface area contributed by atoms with Crippen LogP contribution < -0.4 is 10.1 Å². The maximum absolute atomic E-state index is 13.8. The SMILES string of the molecule is Cc1cc2c(cc1-c1ccc(NC(=O)c3c(F)cccc3F)cc1)C(=O)CC1(CCC1)O2. The molecule has 1 saturated carbocycles. The minimum atomic E-state index is -0.917. The summed E-state index contributed by atoms with van der Waals surface area (Å²) in [6, 6.07) is 14.0. The number of anilines is 1. The van der Waals surface area contributed by atoms with Gasteiger partial charge in [0.15, 0.2) is 5.78 Å². The molecule has 2 aliphatic rings. The van der Waals surface area contributed by atoms with Crippen LogP contribution in [0.4, 0.5) is 14.5 Å². The molecule has 1 heterocycles. The summed E-state index contributed by atoms with van der Waals surface area (Å²) < 4.78 is 33.9. The van der Waals surface area contributed by atoms with Crippen LogP contribution in [0.5, 0.6) is 5.75 Å². The number of carbonyl (C=O) groups excluding carboxylic acids is 2. The van der Waals surface area contributed by atoms with Crippen LogP contribution in [0.3, 0.4) is 0 Å². The van der Waals surface area contributed by atoms with Crippen LogP contribution in [0.2, 0.25) is 0 Å². The zero-order chi connectivity index (χ0) is 22.5. The van der Waals surface area contributed by atoms with E-state index in [1.165, 1.54) is 6.07 Å². The number of hydrogen-bond donors (Lipinski definition) is 1. The first-order valence-corrected chi connectivity index (χ1v) is 10.6. The third kappa shape index (κ3) is 3.45. The van der Waals surface area contributed by atoms with Gasteiger partial charge in [0.25, 0.3) is 5.91 Å². The molecule has 1 aliphatic carbocycles. The quantitative estimate of drug-likeness (QED) is 0.545. The molecule has 4 nitrogen and oxygen atoms in total. The van der Waals surface area contributed by atoms with Gasteiger partial charge in [-0.3, -0.25) is 9.59 Å². The van der Waals surface area contributed by atoms with E-state index in [1.54, 1.807) is 24.3 Å². The van der Waals surface area contributed by atoms with E-state index < -0.39 is 23.1 Å². The van der Waals surface area contributed by atoms with E-state index in [9.17, 15) is 18.4 Å². The highest BCUT2D eigenvalue weighted by Crippen LogP contribution is 2.46. The van der Waals surface area contributed by atoms with Crippen LogP contribution in [-0.2, 0) is 0 Å². The second kappa shape index (κ2) is 7.55. The molecule has 0 radical (unpaired) electrons. The number of fused-ring (bicyclic) bond motifs is 1. The van der Waals surface area contributed by atoms with Crippen LogP contribution in [-0.4, -0.2) is 17.3 Å². The van der Waals surface area contributed by atoms with Gasteiger partial charge in [-0.1, -0.05) is 18.2 Å². The van der Waals surface area contributed by atoms with Crippen LogP contribution in [0.15, 0.2) is 54.6 Å². The highest BCUT2D eigenvalue weighted by Gasteiger charge is 2.45. The fourth-order valence-electron chi connectivity index (χ4n) is 4.44. The van der Waals surface area contributed by atoms with E-state index in [4.69, 9.17) is 4.74 Å². The van der Waals surface area contributed by atoms with E-state index in [0.29, 0.717) is 23.4 Å². The Morgan fingerprint density at radius 3 is 2.31 bits per heavy atom. The van der Waals surface area contributed by atoms with E-state index in [-0.39, 0.29) is 11.4 Å². The Morgan fingerprint density at radius 1 is 1.00 bits per heavy atom. The molecule has 3 aromatic carbocycles. The van der Waals surface area contributed by atoms with Gasteiger partial charge in [0.2, 0.25) is 0 Å². The lowest BCUT2D eigenvalue weighted by Crippen LogP contribution is -2.47. The Kier molecular flexibility index (Phi) is 4.81. The molecule has 5 rings (SSSR count). The number of ether oxygens (including phenoxy) is 1. The Labute approximate surface area is 184 Å². The number of carbonyl (C=O) groups is 2. The number of Topliss-reactive ketones (excluding diaryl/α,β-unsaturated/α-hetero) is 1. The number of ketones is 1. The van der Waals surface area contributed by atoms with Gasteiger partial charge in [-0.25, -0.2) is 8.78 Å². The van der Waals surface area contributed by atoms with Crippen LogP contribution >= 0.6 is 0 Å². The summed E-state index contributed by atoms with van der Waals surface area (Å²) >= 11 is 0. The number of hydrogen-bond acceptors (Lipinski definition) is 3. The molecule has 0 saturated heterocycles. The molecule has 0 atom stereocenters. The first-order chi connectivity index (χ1) is 15.3. The fourth-order valence-corrected chi connectivity index (χ4v) is 4.44. The predicted octanol–water partition coefficient (Wildman–Crippen LogP) is 6.08. The molecule has 1 aliphatic heterocycles. The molecule has 1 fully saturated rings. The van der Waals surface area contributed by atoms with E-state index in [2.05, 4.69) is 5.32 Å². The second-order valence-corrected chi connectivity index (χ2v) is 8.53. The zero-order valence-corrected chi connectivity index (χ0v) is 17.5. The summed E-state index contributed by atoms with van der Waals surface area (Å²) in [5.41, 5.74) is 2.79.